The van der Waals surface area contributed by atoms with Gasteiger partial charge in [0.1, 0.15) is 0 Å². The number of halogens is 1. The van der Waals surface area contributed by atoms with Crippen LogP contribution in [-0.4, -0.2) is 9.13 Å². The van der Waals surface area contributed by atoms with Crippen LogP contribution < -0.4 is 0 Å². The molecule has 0 radical (unpaired) electrons. The summed E-state index contributed by atoms with van der Waals surface area (Å²) in [7, 11) is 0. The molecule has 4 aromatic carbocycles. The second-order valence-corrected chi connectivity index (χ2v) is 16.9. The topological polar surface area (TPSA) is 9.86 Å². The Bertz CT molecular complexity index is 1940. The standard InChI is InChI=1S/C44H55BrN2/c1-8-9-10-11-12-13-14-15-16-17-26-46-39-24-20-33(45)29-37(39)38-30-34(21-25-40(38)46)47-41-22-18-31(43(2,3)4)27-35(41)36-28-32(44(5,6)7)19-23-42(36)47/h18-25,27-30H,8-17,26H2,1-7H3. The number of rotatable bonds is 12. The summed E-state index contributed by atoms with van der Waals surface area (Å²) in [4.78, 5) is 0. The third-order valence-electron chi connectivity index (χ3n) is 10.3. The molecule has 0 aliphatic carbocycles. The van der Waals surface area contributed by atoms with Crippen LogP contribution in [0.4, 0.5) is 0 Å². The predicted molar refractivity (Wildman–Crippen MR) is 211 cm³/mol. The molecule has 0 bridgehead atoms. The normalized spacial score (nSPS) is 12.8. The summed E-state index contributed by atoms with van der Waals surface area (Å²) in [5, 5.41) is 5.34. The number of hydrogen-bond acceptors (Lipinski definition) is 0. The Morgan fingerprint density at radius 1 is 0.489 bits per heavy atom. The average Bonchev–Trinajstić information content (AvgIpc) is 3.52. The fourth-order valence-electron chi connectivity index (χ4n) is 7.44. The molecule has 2 nitrogen and oxygen atoms in total. The summed E-state index contributed by atoms with van der Waals surface area (Å²) >= 11 is 3.79. The molecule has 0 N–H and O–H groups in total. The van der Waals surface area contributed by atoms with Gasteiger partial charge in [0.15, 0.2) is 0 Å². The van der Waals surface area contributed by atoms with Crippen molar-refractivity contribution in [1.29, 1.82) is 0 Å². The van der Waals surface area contributed by atoms with Crippen molar-refractivity contribution >= 4 is 59.5 Å². The van der Waals surface area contributed by atoms with Crippen LogP contribution in [0, 0.1) is 0 Å². The molecular weight excluding hydrogens is 636 g/mol. The van der Waals surface area contributed by atoms with Gasteiger partial charge in [0, 0.05) is 49.3 Å². The van der Waals surface area contributed by atoms with Crippen LogP contribution >= 0.6 is 15.9 Å². The van der Waals surface area contributed by atoms with Crippen molar-refractivity contribution < 1.29 is 0 Å². The number of benzene rings is 4. The molecular formula is C44H55BrN2. The monoisotopic (exact) mass is 690 g/mol. The highest BCUT2D eigenvalue weighted by atomic mass is 79.9. The Morgan fingerprint density at radius 3 is 1.47 bits per heavy atom. The highest BCUT2D eigenvalue weighted by Crippen LogP contribution is 2.39. The van der Waals surface area contributed by atoms with Gasteiger partial charge in [-0.2, -0.15) is 0 Å². The predicted octanol–water partition coefficient (Wildman–Crippen LogP) is 14.2. The van der Waals surface area contributed by atoms with E-state index in [1.54, 1.807) is 0 Å². The first-order chi connectivity index (χ1) is 22.5. The van der Waals surface area contributed by atoms with Gasteiger partial charge in [-0.3, -0.25) is 0 Å². The van der Waals surface area contributed by atoms with E-state index in [-0.39, 0.29) is 10.8 Å². The van der Waals surface area contributed by atoms with Gasteiger partial charge >= 0.3 is 0 Å². The SMILES string of the molecule is CCCCCCCCCCCCn1c2ccc(Br)cc2c2cc(-n3c4ccc(C(C)(C)C)cc4c4cc(C(C)(C)C)ccc43)ccc21. The van der Waals surface area contributed by atoms with Crippen molar-refractivity contribution in [3.8, 4) is 5.69 Å². The van der Waals surface area contributed by atoms with Gasteiger partial charge in [0.05, 0.1) is 11.0 Å². The van der Waals surface area contributed by atoms with Crippen molar-refractivity contribution in [2.24, 2.45) is 0 Å². The van der Waals surface area contributed by atoms with Crippen LogP contribution in [0.3, 0.4) is 0 Å². The second kappa shape index (κ2) is 13.8. The molecule has 0 spiro atoms. The largest absolute Gasteiger partial charge is 0.340 e. The molecule has 0 saturated carbocycles. The summed E-state index contributed by atoms with van der Waals surface area (Å²) in [6.45, 7) is 17.2. The quantitative estimate of drug-likeness (QED) is 0.113. The Kier molecular flexibility index (Phi) is 9.96. The lowest BCUT2D eigenvalue weighted by Gasteiger charge is -2.19. The van der Waals surface area contributed by atoms with E-state index >= 15 is 0 Å². The third-order valence-corrected chi connectivity index (χ3v) is 10.8. The van der Waals surface area contributed by atoms with Gasteiger partial charge in [-0.15, -0.1) is 0 Å². The van der Waals surface area contributed by atoms with E-state index in [1.807, 2.05) is 0 Å². The number of unbranched alkanes of at least 4 members (excludes halogenated alkanes) is 9. The summed E-state index contributed by atoms with van der Waals surface area (Å²) in [5.41, 5.74) is 9.37. The van der Waals surface area contributed by atoms with Gasteiger partial charge < -0.3 is 9.13 Å². The van der Waals surface area contributed by atoms with Gasteiger partial charge in [-0.1, -0.05) is 134 Å². The van der Waals surface area contributed by atoms with Crippen LogP contribution in [0.5, 0.6) is 0 Å². The van der Waals surface area contributed by atoms with E-state index in [9.17, 15) is 0 Å². The number of hydrogen-bond donors (Lipinski definition) is 0. The number of aromatic nitrogens is 2. The molecule has 0 atom stereocenters. The van der Waals surface area contributed by atoms with Crippen molar-refractivity contribution in [3.63, 3.8) is 0 Å². The van der Waals surface area contributed by atoms with Crippen LogP contribution in [0.1, 0.15) is 124 Å². The number of aryl methyl sites for hydroxylation is 1. The van der Waals surface area contributed by atoms with Gasteiger partial charge in [0.2, 0.25) is 0 Å². The lowest BCUT2D eigenvalue weighted by Crippen LogP contribution is -2.10. The molecule has 2 heterocycles. The van der Waals surface area contributed by atoms with E-state index in [0.29, 0.717) is 0 Å². The zero-order valence-electron chi connectivity index (χ0n) is 30.0. The molecule has 0 fully saturated rings. The zero-order chi connectivity index (χ0) is 33.3. The molecule has 248 valence electrons. The second-order valence-electron chi connectivity index (χ2n) is 16.0. The number of fused-ring (bicyclic) bond motifs is 6. The highest BCUT2D eigenvalue weighted by Gasteiger charge is 2.21. The Morgan fingerprint density at radius 2 is 0.936 bits per heavy atom. The Hall–Kier alpha value is -3.04. The molecule has 0 aliphatic heterocycles. The van der Waals surface area contributed by atoms with Crippen LogP contribution in [0.25, 0.3) is 49.3 Å². The molecule has 3 heteroatoms. The average molecular weight is 692 g/mol. The lowest BCUT2D eigenvalue weighted by atomic mass is 9.85. The van der Waals surface area contributed by atoms with E-state index in [2.05, 4.69) is 146 Å². The van der Waals surface area contributed by atoms with Crippen LogP contribution in [0.15, 0.2) is 77.3 Å². The number of nitrogens with zero attached hydrogens (tertiary/aromatic N) is 2. The molecule has 0 amide bonds. The molecule has 6 aromatic rings. The van der Waals surface area contributed by atoms with Crippen molar-refractivity contribution in [3.05, 3.63) is 88.4 Å². The van der Waals surface area contributed by atoms with Crippen molar-refractivity contribution in [2.45, 2.75) is 130 Å². The Labute approximate surface area is 291 Å². The minimum atomic E-state index is 0.0899. The first-order valence-electron chi connectivity index (χ1n) is 18.3. The minimum Gasteiger partial charge on any atom is -0.340 e. The maximum Gasteiger partial charge on any atom is 0.0541 e. The van der Waals surface area contributed by atoms with Crippen molar-refractivity contribution in [2.75, 3.05) is 0 Å². The third kappa shape index (κ3) is 7.07. The van der Waals surface area contributed by atoms with Gasteiger partial charge in [-0.05, 0) is 89.0 Å². The van der Waals surface area contributed by atoms with Crippen molar-refractivity contribution in [1.82, 2.24) is 9.13 Å². The molecule has 47 heavy (non-hydrogen) atoms. The molecule has 0 saturated heterocycles. The summed E-state index contributed by atoms with van der Waals surface area (Å²) < 4.78 is 6.20. The first kappa shape index (κ1) is 33.8. The highest BCUT2D eigenvalue weighted by molar-refractivity contribution is 9.10. The fraction of sp³-hybridized carbons (Fsp3) is 0.455. The molecule has 6 rings (SSSR count). The smallest absolute Gasteiger partial charge is 0.0541 e. The van der Waals surface area contributed by atoms with E-state index < -0.39 is 0 Å². The lowest BCUT2D eigenvalue weighted by molar-refractivity contribution is 0.541. The van der Waals surface area contributed by atoms with E-state index in [4.69, 9.17) is 0 Å². The minimum absolute atomic E-state index is 0.0899. The molecule has 2 aromatic heterocycles. The van der Waals surface area contributed by atoms with Crippen LogP contribution in [-0.2, 0) is 17.4 Å². The Balaban J connectivity index is 1.37. The summed E-state index contributed by atoms with van der Waals surface area (Å²) in [6.07, 6.45) is 13.6. The fourth-order valence-corrected chi connectivity index (χ4v) is 7.80. The zero-order valence-corrected chi connectivity index (χ0v) is 31.6. The van der Waals surface area contributed by atoms with Crippen LogP contribution in [0.2, 0.25) is 0 Å². The van der Waals surface area contributed by atoms with Gasteiger partial charge in [0.25, 0.3) is 0 Å². The summed E-state index contributed by atoms with van der Waals surface area (Å²) in [5.74, 6) is 0. The first-order valence-corrected chi connectivity index (χ1v) is 19.1. The molecule has 0 unspecified atom stereocenters. The summed E-state index contributed by atoms with van der Waals surface area (Å²) in [6, 6.07) is 28.2. The maximum atomic E-state index is 3.79. The van der Waals surface area contributed by atoms with Gasteiger partial charge in [-0.25, -0.2) is 0 Å². The maximum absolute atomic E-state index is 3.79. The van der Waals surface area contributed by atoms with E-state index in [0.717, 1.165) is 11.0 Å². The molecule has 0 aliphatic rings. The van der Waals surface area contributed by atoms with E-state index in [1.165, 1.54) is 125 Å².